The van der Waals surface area contributed by atoms with Gasteiger partial charge in [0, 0.05) is 18.3 Å². The quantitative estimate of drug-likeness (QED) is 0.606. The fourth-order valence-corrected chi connectivity index (χ4v) is 1.81. The average Bonchev–Trinajstić information content (AvgIpc) is 2.57. The number of rotatable bonds is 2. The van der Waals surface area contributed by atoms with Gasteiger partial charge in [-0.25, -0.2) is 0 Å². The van der Waals surface area contributed by atoms with Crippen LogP contribution >= 0.6 is 12.6 Å². The molecule has 0 bridgehead atoms. The van der Waals surface area contributed by atoms with Crippen molar-refractivity contribution >= 4 is 18.9 Å². The fourth-order valence-electron chi connectivity index (χ4n) is 1.59. The maximum atomic E-state index is 10.8. The Hall–Kier alpha value is -1.48. The Labute approximate surface area is 94.0 Å². The maximum Gasteiger partial charge on any atom is 0.152 e. The van der Waals surface area contributed by atoms with Crippen molar-refractivity contribution in [2.45, 2.75) is 5.03 Å². The number of carbonyl (C=O) groups excluding carboxylic acids is 1. The summed E-state index contributed by atoms with van der Waals surface area (Å²) in [5, 5.41) is 0.698. The molecule has 0 radical (unpaired) electrons. The standard InChI is InChI=1S/C12H11NOS/c1-13-11(7-10(8-14)12(13)15)9-5-3-2-4-6-9/h2-8,15H,1H3. The molecule has 0 fully saturated rings. The van der Waals surface area contributed by atoms with Crippen LogP contribution in [0.2, 0.25) is 0 Å². The molecule has 0 aliphatic rings. The van der Waals surface area contributed by atoms with Crippen molar-refractivity contribution in [3.05, 3.63) is 42.0 Å². The molecule has 3 heteroatoms. The van der Waals surface area contributed by atoms with Gasteiger partial charge in [0.2, 0.25) is 0 Å². The molecule has 1 aromatic carbocycles. The summed E-state index contributed by atoms with van der Waals surface area (Å²) in [5.74, 6) is 0. The minimum absolute atomic E-state index is 0.625. The molecule has 0 spiro atoms. The summed E-state index contributed by atoms with van der Waals surface area (Å²) < 4.78 is 1.90. The Morgan fingerprint density at radius 3 is 2.47 bits per heavy atom. The summed E-state index contributed by atoms with van der Waals surface area (Å²) in [6.45, 7) is 0. The highest BCUT2D eigenvalue weighted by Gasteiger charge is 2.09. The molecular weight excluding hydrogens is 206 g/mol. The predicted octanol–water partition coefficient (Wildman–Crippen LogP) is 2.79. The van der Waals surface area contributed by atoms with Crippen LogP contribution in [0.4, 0.5) is 0 Å². The van der Waals surface area contributed by atoms with E-state index in [1.54, 1.807) is 0 Å². The van der Waals surface area contributed by atoms with Crippen molar-refractivity contribution in [1.82, 2.24) is 4.57 Å². The first-order valence-corrected chi connectivity index (χ1v) is 5.08. The number of hydrogen-bond acceptors (Lipinski definition) is 2. The maximum absolute atomic E-state index is 10.8. The molecule has 0 aliphatic heterocycles. The first-order chi connectivity index (χ1) is 7.24. The van der Waals surface area contributed by atoms with E-state index in [2.05, 4.69) is 12.6 Å². The molecule has 0 N–H and O–H groups in total. The van der Waals surface area contributed by atoms with Gasteiger partial charge in [-0.3, -0.25) is 4.79 Å². The van der Waals surface area contributed by atoms with Gasteiger partial charge in [-0.15, -0.1) is 12.6 Å². The van der Waals surface area contributed by atoms with E-state index in [1.807, 2.05) is 48.0 Å². The fraction of sp³-hybridized carbons (Fsp3) is 0.0833. The normalized spacial score (nSPS) is 10.3. The molecule has 0 atom stereocenters. The van der Waals surface area contributed by atoms with E-state index in [4.69, 9.17) is 0 Å². The summed E-state index contributed by atoms with van der Waals surface area (Å²) >= 11 is 4.29. The Kier molecular flexibility index (Phi) is 2.64. The van der Waals surface area contributed by atoms with Crippen molar-refractivity contribution < 1.29 is 4.79 Å². The molecule has 0 saturated heterocycles. The van der Waals surface area contributed by atoms with Crippen LogP contribution in [0.15, 0.2) is 41.4 Å². The van der Waals surface area contributed by atoms with E-state index >= 15 is 0 Å². The third kappa shape index (κ3) is 1.70. The number of hydrogen-bond donors (Lipinski definition) is 1. The second-order valence-electron chi connectivity index (χ2n) is 3.35. The van der Waals surface area contributed by atoms with Crippen LogP contribution in [0.3, 0.4) is 0 Å². The van der Waals surface area contributed by atoms with Crippen molar-refractivity contribution in [3.8, 4) is 11.3 Å². The highest BCUT2D eigenvalue weighted by Crippen LogP contribution is 2.25. The summed E-state index contributed by atoms with van der Waals surface area (Å²) in [4.78, 5) is 10.8. The summed E-state index contributed by atoms with van der Waals surface area (Å²) in [5.41, 5.74) is 2.71. The van der Waals surface area contributed by atoms with Crippen LogP contribution in [0.1, 0.15) is 10.4 Å². The number of carbonyl (C=O) groups is 1. The number of aldehydes is 1. The van der Waals surface area contributed by atoms with Gasteiger partial charge in [0.15, 0.2) is 6.29 Å². The zero-order valence-corrected chi connectivity index (χ0v) is 9.24. The van der Waals surface area contributed by atoms with Crippen molar-refractivity contribution in [3.63, 3.8) is 0 Å². The Balaban J connectivity index is 2.59. The average molecular weight is 217 g/mol. The molecule has 2 aromatic rings. The number of thiol groups is 1. The van der Waals surface area contributed by atoms with Gasteiger partial charge < -0.3 is 4.57 Å². The summed E-state index contributed by atoms with van der Waals surface area (Å²) in [7, 11) is 1.90. The smallest absolute Gasteiger partial charge is 0.152 e. The number of benzene rings is 1. The van der Waals surface area contributed by atoms with E-state index in [0.29, 0.717) is 10.6 Å². The minimum Gasteiger partial charge on any atom is -0.338 e. The van der Waals surface area contributed by atoms with Crippen LogP contribution < -0.4 is 0 Å². The lowest BCUT2D eigenvalue weighted by molar-refractivity contribution is 0.112. The second-order valence-corrected chi connectivity index (χ2v) is 3.78. The van der Waals surface area contributed by atoms with E-state index in [9.17, 15) is 4.79 Å². The van der Waals surface area contributed by atoms with Gasteiger partial charge in [0.05, 0.1) is 5.03 Å². The Bertz CT molecular complexity index is 488. The van der Waals surface area contributed by atoms with E-state index in [1.165, 1.54) is 0 Å². The van der Waals surface area contributed by atoms with Crippen LogP contribution in [0.25, 0.3) is 11.3 Å². The van der Waals surface area contributed by atoms with Gasteiger partial charge in [-0.2, -0.15) is 0 Å². The van der Waals surface area contributed by atoms with Gasteiger partial charge in [-0.1, -0.05) is 30.3 Å². The molecule has 76 valence electrons. The minimum atomic E-state index is 0.625. The third-order valence-corrected chi connectivity index (χ3v) is 2.98. The summed E-state index contributed by atoms with van der Waals surface area (Å²) in [6.07, 6.45) is 0.828. The first kappa shape index (κ1) is 10.1. The summed E-state index contributed by atoms with van der Waals surface area (Å²) in [6, 6.07) is 11.8. The van der Waals surface area contributed by atoms with Crippen LogP contribution in [-0.2, 0) is 7.05 Å². The first-order valence-electron chi connectivity index (χ1n) is 4.63. The SMILES string of the molecule is Cn1c(-c2ccccc2)cc(C=O)c1S. The molecular formula is C12H11NOS. The van der Waals surface area contributed by atoms with Gasteiger partial charge in [0.25, 0.3) is 0 Å². The number of nitrogens with zero attached hydrogens (tertiary/aromatic N) is 1. The highest BCUT2D eigenvalue weighted by atomic mass is 32.1. The van der Waals surface area contributed by atoms with Crippen molar-refractivity contribution in [2.75, 3.05) is 0 Å². The zero-order valence-electron chi connectivity index (χ0n) is 8.34. The number of aromatic nitrogens is 1. The van der Waals surface area contributed by atoms with Gasteiger partial charge in [-0.05, 0) is 11.6 Å². The predicted molar refractivity (Wildman–Crippen MR) is 63.5 cm³/mol. The van der Waals surface area contributed by atoms with E-state index < -0.39 is 0 Å². The van der Waals surface area contributed by atoms with E-state index in [0.717, 1.165) is 17.5 Å². The molecule has 15 heavy (non-hydrogen) atoms. The van der Waals surface area contributed by atoms with Crippen molar-refractivity contribution in [1.29, 1.82) is 0 Å². The topological polar surface area (TPSA) is 22.0 Å². The molecule has 0 aliphatic carbocycles. The lowest BCUT2D eigenvalue weighted by Crippen LogP contribution is -1.91. The monoisotopic (exact) mass is 217 g/mol. The Morgan fingerprint density at radius 1 is 1.27 bits per heavy atom. The van der Waals surface area contributed by atoms with Gasteiger partial charge in [0.1, 0.15) is 0 Å². The van der Waals surface area contributed by atoms with Crippen LogP contribution in [-0.4, -0.2) is 10.9 Å². The molecule has 0 unspecified atom stereocenters. The van der Waals surface area contributed by atoms with Crippen LogP contribution in [0, 0.1) is 0 Å². The van der Waals surface area contributed by atoms with Gasteiger partial charge >= 0.3 is 0 Å². The molecule has 1 aromatic heterocycles. The van der Waals surface area contributed by atoms with Crippen molar-refractivity contribution in [2.24, 2.45) is 7.05 Å². The molecule has 2 nitrogen and oxygen atoms in total. The van der Waals surface area contributed by atoms with E-state index in [-0.39, 0.29) is 0 Å². The lowest BCUT2D eigenvalue weighted by atomic mass is 10.1. The highest BCUT2D eigenvalue weighted by molar-refractivity contribution is 7.80. The third-order valence-electron chi connectivity index (χ3n) is 2.43. The largest absolute Gasteiger partial charge is 0.338 e. The molecule has 2 rings (SSSR count). The molecule has 0 amide bonds. The molecule has 0 saturated carbocycles. The Morgan fingerprint density at radius 2 is 1.93 bits per heavy atom. The lowest BCUT2D eigenvalue weighted by Gasteiger charge is -2.03. The van der Waals surface area contributed by atoms with Crippen LogP contribution in [0.5, 0.6) is 0 Å². The zero-order chi connectivity index (χ0) is 10.8. The molecule has 1 heterocycles. The second kappa shape index (κ2) is 3.95.